The van der Waals surface area contributed by atoms with Crippen LogP contribution in [0.4, 0.5) is 5.69 Å². The third kappa shape index (κ3) is 4.52. The quantitative estimate of drug-likeness (QED) is 0.580. The molecule has 1 atom stereocenters. The third-order valence-electron chi connectivity index (χ3n) is 3.13. The van der Waals surface area contributed by atoms with Gasteiger partial charge in [-0.3, -0.25) is 10.1 Å². The fraction of sp³-hybridized carbons (Fsp3) is 0.571. The van der Waals surface area contributed by atoms with Crippen LogP contribution < -0.4 is 10.1 Å². The summed E-state index contributed by atoms with van der Waals surface area (Å²) in [7, 11) is 1.57. The van der Waals surface area contributed by atoms with E-state index >= 15 is 0 Å². The van der Waals surface area contributed by atoms with E-state index in [2.05, 4.69) is 19.2 Å². The Morgan fingerprint density at radius 2 is 2.16 bits per heavy atom. The molecule has 1 aromatic rings. The molecule has 0 fully saturated rings. The highest BCUT2D eigenvalue weighted by atomic mass is 16.6. The van der Waals surface area contributed by atoms with Crippen LogP contribution in [0.1, 0.15) is 32.3 Å². The molecule has 1 rings (SSSR count). The minimum Gasteiger partial charge on any atom is -0.497 e. The first-order valence-corrected chi connectivity index (χ1v) is 6.67. The Labute approximate surface area is 114 Å². The zero-order valence-electron chi connectivity index (χ0n) is 11.8. The van der Waals surface area contributed by atoms with Crippen molar-refractivity contribution in [3.8, 4) is 5.75 Å². The first-order valence-electron chi connectivity index (χ1n) is 6.67. The lowest BCUT2D eigenvalue weighted by Crippen LogP contribution is -2.31. The summed E-state index contributed by atoms with van der Waals surface area (Å²) in [4.78, 5) is 10.7. The molecule has 0 radical (unpaired) electrons. The molecule has 5 nitrogen and oxygen atoms in total. The molecule has 0 saturated heterocycles. The highest BCUT2D eigenvalue weighted by Gasteiger charge is 2.17. The smallest absolute Gasteiger partial charge is 0.272 e. The van der Waals surface area contributed by atoms with Gasteiger partial charge >= 0.3 is 0 Å². The number of nitro groups is 1. The minimum absolute atomic E-state index is 0.164. The van der Waals surface area contributed by atoms with Gasteiger partial charge in [0.05, 0.1) is 12.0 Å². The van der Waals surface area contributed by atoms with E-state index in [9.17, 15) is 10.1 Å². The number of ether oxygens (including phenoxy) is 1. The number of nitro benzene ring substituents is 1. The van der Waals surface area contributed by atoms with Gasteiger partial charge in [0.25, 0.3) is 5.69 Å². The Morgan fingerprint density at radius 3 is 2.68 bits per heavy atom. The lowest BCUT2D eigenvalue weighted by Gasteiger charge is -2.17. The van der Waals surface area contributed by atoms with Crippen molar-refractivity contribution in [2.45, 2.75) is 39.2 Å². The molecule has 0 saturated carbocycles. The maximum atomic E-state index is 11.0. The van der Waals surface area contributed by atoms with Crippen molar-refractivity contribution >= 4 is 5.69 Å². The second-order valence-electron chi connectivity index (χ2n) is 4.52. The third-order valence-corrected chi connectivity index (χ3v) is 3.13. The van der Waals surface area contributed by atoms with Crippen molar-refractivity contribution < 1.29 is 9.66 Å². The molecule has 106 valence electrons. The van der Waals surface area contributed by atoms with Gasteiger partial charge in [0.1, 0.15) is 5.75 Å². The van der Waals surface area contributed by atoms with Crippen molar-refractivity contribution in [3.63, 3.8) is 0 Å². The molecule has 1 aromatic carbocycles. The van der Waals surface area contributed by atoms with Gasteiger partial charge in [0, 0.05) is 17.7 Å². The summed E-state index contributed by atoms with van der Waals surface area (Å²) in [5, 5.41) is 14.5. The van der Waals surface area contributed by atoms with Gasteiger partial charge in [0.15, 0.2) is 0 Å². The summed E-state index contributed by atoms with van der Waals surface area (Å²) < 4.78 is 5.14. The molecule has 0 aromatic heterocycles. The minimum atomic E-state index is -0.332. The average molecular weight is 266 g/mol. The molecule has 0 aliphatic rings. The highest BCUT2D eigenvalue weighted by molar-refractivity contribution is 5.45. The van der Waals surface area contributed by atoms with Crippen molar-refractivity contribution in [2.24, 2.45) is 0 Å². The molecule has 0 spiro atoms. The second-order valence-corrected chi connectivity index (χ2v) is 4.52. The normalized spacial score (nSPS) is 12.2. The molecule has 1 N–H and O–H groups in total. The van der Waals surface area contributed by atoms with Gasteiger partial charge in [-0.2, -0.15) is 0 Å². The van der Waals surface area contributed by atoms with Crippen LogP contribution in [-0.4, -0.2) is 24.6 Å². The van der Waals surface area contributed by atoms with Gasteiger partial charge in [0.2, 0.25) is 0 Å². The number of rotatable bonds is 8. The number of hydrogen-bond acceptors (Lipinski definition) is 4. The number of hydrogen-bond donors (Lipinski definition) is 1. The summed E-state index contributed by atoms with van der Waals surface area (Å²) >= 11 is 0. The van der Waals surface area contributed by atoms with Crippen LogP contribution >= 0.6 is 0 Å². The fourth-order valence-electron chi connectivity index (χ4n) is 2.01. The maximum Gasteiger partial charge on any atom is 0.272 e. The molecule has 0 bridgehead atoms. The van der Waals surface area contributed by atoms with Crippen LogP contribution in [-0.2, 0) is 6.42 Å². The lowest BCUT2D eigenvalue weighted by atomic mass is 10.0. The first-order chi connectivity index (χ1) is 9.12. The van der Waals surface area contributed by atoms with E-state index in [1.165, 1.54) is 6.07 Å². The van der Waals surface area contributed by atoms with E-state index in [1.54, 1.807) is 19.2 Å². The average Bonchev–Trinajstić information content (AvgIpc) is 2.42. The topological polar surface area (TPSA) is 64.4 Å². The van der Waals surface area contributed by atoms with E-state index in [0.717, 1.165) is 24.9 Å². The monoisotopic (exact) mass is 266 g/mol. The zero-order chi connectivity index (χ0) is 14.3. The van der Waals surface area contributed by atoms with E-state index in [1.807, 2.05) is 0 Å². The van der Waals surface area contributed by atoms with Crippen LogP contribution in [0.3, 0.4) is 0 Å². The molecule has 0 aliphatic heterocycles. The van der Waals surface area contributed by atoms with Crippen molar-refractivity contribution in [2.75, 3.05) is 13.7 Å². The molecule has 0 aliphatic carbocycles. The molecule has 0 heterocycles. The Kier molecular flexibility index (Phi) is 6.29. The van der Waals surface area contributed by atoms with E-state index < -0.39 is 0 Å². The van der Waals surface area contributed by atoms with Crippen LogP contribution in [0.2, 0.25) is 0 Å². The number of nitrogens with zero attached hydrogens (tertiary/aromatic N) is 1. The van der Waals surface area contributed by atoms with Gasteiger partial charge in [-0.15, -0.1) is 0 Å². The second kappa shape index (κ2) is 7.74. The van der Waals surface area contributed by atoms with Crippen LogP contribution in [0.25, 0.3) is 0 Å². The lowest BCUT2D eigenvalue weighted by molar-refractivity contribution is -0.385. The Morgan fingerprint density at radius 1 is 1.42 bits per heavy atom. The van der Waals surface area contributed by atoms with E-state index in [-0.39, 0.29) is 16.7 Å². The molecular formula is C14H22N2O3. The highest BCUT2D eigenvalue weighted by Crippen LogP contribution is 2.25. The predicted octanol–water partition coefficient (Wildman–Crippen LogP) is 2.92. The Balaban J connectivity index is 2.92. The summed E-state index contributed by atoms with van der Waals surface area (Å²) in [6.45, 7) is 5.11. The summed E-state index contributed by atoms with van der Waals surface area (Å²) in [5.74, 6) is 0.658. The molecular weight excluding hydrogens is 244 g/mol. The van der Waals surface area contributed by atoms with Crippen LogP contribution in [0.15, 0.2) is 18.2 Å². The van der Waals surface area contributed by atoms with Crippen molar-refractivity contribution in [3.05, 3.63) is 33.9 Å². The van der Waals surface area contributed by atoms with E-state index in [4.69, 9.17) is 4.74 Å². The SMILES string of the molecule is CCCNC(CC)Cc1cc(OC)ccc1[N+](=O)[O-]. The summed E-state index contributed by atoms with van der Waals surface area (Å²) in [6.07, 6.45) is 2.63. The van der Waals surface area contributed by atoms with Crippen molar-refractivity contribution in [1.29, 1.82) is 0 Å². The fourth-order valence-corrected chi connectivity index (χ4v) is 2.01. The number of methoxy groups -OCH3 is 1. The van der Waals surface area contributed by atoms with Crippen LogP contribution in [0, 0.1) is 10.1 Å². The number of nitrogens with one attached hydrogen (secondary N) is 1. The Bertz CT molecular complexity index is 421. The van der Waals surface area contributed by atoms with Gasteiger partial charge in [-0.25, -0.2) is 0 Å². The molecule has 19 heavy (non-hydrogen) atoms. The number of benzene rings is 1. The molecule has 1 unspecified atom stereocenters. The molecule has 0 amide bonds. The first kappa shape index (κ1) is 15.4. The largest absolute Gasteiger partial charge is 0.497 e. The molecule has 5 heteroatoms. The maximum absolute atomic E-state index is 11.0. The van der Waals surface area contributed by atoms with Gasteiger partial charge in [-0.05, 0) is 37.9 Å². The Hall–Kier alpha value is -1.62. The van der Waals surface area contributed by atoms with E-state index in [0.29, 0.717) is 12.2 Å². The van der Waals surface area contributed by atoms with Gasteiger partial charge < -0.3 is 10.1 Å². The van der Waals surface area contributed by atoms with Gasteiger partial charge in [-0.1, -0.05) is 13.8 Å². The zero-order valence-corrected chi connectivity index (χ0v) is 11.8. The van der Waals surface area contributed by atoms with Crippen LogP contribution in [0.5, 0.6) is 5.75 Å². The van der Waals surface area contributed by atoms with Crippen molar-refractivity contribution in [1.82, 2.24) is 5.32 Å². The summed E-state index contributed by atoms with van der Waals surface area (Å²) in [6, 6.07) is 5.16. The standard InChI is InChI=1S/C14H22N2O3/c1-4-8-15-12(5-2)9-11-10-13(19-3)6-7-14(11)16(17)18/h6-7,10,12,15H,4-5,8-9H2,1-3H3. The predicted molar refractivity (Wildman–Crippen MR) is 75.7 cm³/mol. The summed E-state index contributed by atoms with van der Waals surface area (Å²) in [5.41, 5.74) is 0.886.